The van der Waals surface area contributed by atoms with E-state index in [1.807, 2.05) is 6.20 Å². The fraction of sp³-hybridized carbons (Fsp3) is 0.300. The molecule has 0 spiro atoms. The third kappa shape index (κ3) is 1.81. The Balaban J connectivity index is 2.40. The minimum atomic E-state index is 0.691. The number of aromatic nitrogens is 2. The second-order valence-corrected chi connectivity index (χ2v) is 4.51. The Morgan fingerprint density at radius 1 is 1.50 bits per heavy atom. The van der Waals surface area contributed by atoms with Gasteiger partial charge in [-0.25, -0.2) is 0 Å². The molecule has 2 heterocycles. The lowest BCUT2D eigenvalue weighted by Gasteiger charge is -1.98. The van der Waals surface area contributed by atoms with Gasteiger partial charge in [0.2, 0.25) is 0 Å². The van der Waals surface area contributed by atoms with Crippen LogP contribution in [0.3, 0.4) is 0 Å². The summed E-state index contributed by atoms with van der Waals surface area (Å²) in [6.07, 6.45) is 4.24. The number of hydrogen-bond donors (Lipinski definition) is 2. The van der Waals surface area contributed by atoms with Crippen molar-refractivity contribution in [2.75, 3.05) is 0 Å². The summed E-state index contributed by atoms with van der Waals surface area (Å²) in [5, 5.41) is 2.13. The molecule has 0 amide bonds. The van der Waals surface area contributed by atoms with Crippen molar-refractivity contribution < 1.29 is 0 Å². The van der Waals surface area contributed by atoms with Crippen LogP contribution in [0, 0.1) is 4.77 Å². The van der Waals surface area contributed by atoms with E-state index in [0.717, 1.165) is 12.1 Å². The molecule has 0 aromatic carbocycles. The van der Waals surface area contributed by atoms with E-state index >= 15 is 0 Å². The molecule has 0 bridgehead atoms. The molecule has 0 aliphatic heterocycles. The monoisotopic (exact) mass is 224 g/mol. The summed E-state index contributed by atoms with van der Waals surface area (Å²) < 4.78 is 0.691. The zero-order valence-electron chi connectivity index (χ0n) is 7.96. The van der Waals surface area contributed by atoms with Gasteiger partial charge in [-0.2, -0.15) is 0 Å². The van der Waals surface area contributed by atoms with Crippen LogP contribution in [0.25, 0.3) is 10.6 Å². The first-order valence-corrected chi connectivity index (χ1v) is 5.94. The van der Waals surface area contributed by atoms with Crippen molar-refractivity contribution in [1.29, 1.82) is 0 Å². The van der Waals surface area contributed by atoms with E-state index in [1.54, 1.807) is 11.3 Å². The molecular weight excluding hydrogens is 212 g/mol. The Morgan fingerprint density at radius 2 is 2.36 bits per heavy atom. The topological polar surface area (TPSA) is 31.6 Å². The number of rotatable bonds is 3. The average Bonchev–Trinajstić information content (AvgIpc) is 2.74. The predicted molar refractivity (Wildman–Crippen MR) is 63.3 cm³/mol. The normalized spacial score (nSPS) is 10.6. The summed E-state index contributed by atoms with van der Waals surface area (Å²) in [6, 6.07) is 2.19. The molecule has 0 aliphatic carbocycles. The maximum atomic E-state index is 5.01. The number of aromatic amines is 2. The molecule has 2 nitrogen and oxygen atoms in total. The van der Waals surface area contributed by atoms with E-state index < -0.39 is 0 Å². The van der Waals surface area contributed by atoms with Crippen LogP contribution in [-0.4, -0.2) is 9.97 Å². The highest BCUT2D eigenvalue weighted by Gasteiger charge is 2.06. The van der Waals surface area contributed by atoms with E-state index in [9.17, 15) is 0 Å². The number of imidazole rings is 1. The van der Waals surface area contributed by atoms with E-state index in [0.29, 0.717) is 4.77 Å². The van der Waals surface area contributed by atoms with Gasteiger partial charge in [0.1, 0.15) is 0 Å². The third-order valence-electron chi connectivity index (χ3n) is 2.11. The van der Waals surface area contributed by atoms with Crippen LogP contribution in [0.4, 0.5) is 0 Å². The Hall–Kier alpha value is -0.870. The Kier molecular flexibility index (Phi) is 2.84. The predicted octanol–water partition coefficient (Wildman–Crippen LogP) is 3.75. The highest BCUT2D eigenvalue weighted by Crippen LogP contribution is 2.28. The van der Waals surface area contributed by atoms with Gasteiger partial charge in [-0.3, -0.25) is 0 Å². The third-order valence-corrected chi connectivity index (χ3v) is 3.32. The molecule has 0 atom stereocenters. The van der Waals surface area contributed by atoms with E-state index in [4.69, 9.17) is 12.2 Å². The van der Waals surface area contributed by atoms with Gasteiger partial charge in [-0.05, 0) is 35.6 Å². The maximum absolute atomic E-state index is 5.01. The van der Waals surface area contributed by atoms with Crippen molar-refractivity contribution in [2.24, 2.45) is 0 Å². The zero-order chi connectivity index (χ0) is 9.97. The summed E-state index contributed by atoms with van der Waals surface area (Å²) in [7, 11) is 0. The van der Waals surface area contributed by atoms with Crippen LogP contribution < -0.4 is 0 Å². The Morgan fingerprint density at radius 3 is 3.00 bits per heavy atom. The van der Waals surface area contributed by atoms with Crippen molar-refractivity contribution in [1.82, 2.24) is 9.97 Å². The molecular formula is C10H12N2S2. The van der Waals surface area contributed by atoms with Crippen LogP contribution in [0.1, 0.15) is 18.9 Å². The van der Waals surface area contributed by atoms with Crippen LogP contribution in [0.5, 0.6) is 0 Å². The molecule has 2 rings (SSSR count). The fourth-order valence-corrected chi connectivity index (χ4v) is 2.59. The van der Waals surface area contributed by atoms with Crippen LogP contribution in [0.2, 0.25) is 0 Å². The molecule has 0 unspecified atom stereocenters. The Bertz CT molecular complexity index is 464. The zero-order valence-corrected chi connectivity index (χ0v) is 9.60. The number of H-pyrrole nitrogens is 2. The fourth-order valence-electron chi connectivity index (χ4n) is 1.49. The quantitative estimate of drug-likeness (QED) is 0.764. The van der Waals surface area contributed by atoms with Crippen LogP contribution in [-0.2, 0) is 6.42 Å². The lowest BCUT2D eigenvalue weighted by Crippen LogP contribution is -1.82. The minimum Gasteiger partial charge on any atom is -0.337 e. The molecule has 74 valence electrons. The molecule has 0 aliphatic rings. The molecule has 0 fully saturated rings. The average molecular weight is 224 g/mol. The first kappa shape index (κ1) is 9.68. The first-order chi connectivity index (χ1) is 6.81. The number of aryl methyl sites for hydroxylation is 1. The molecule has 0 radical (unpaired) electrons. The second kappa shape index (κ2) is 4.11. The van der Waals surface area contributed by atoms with Gasteiger partial charge >= 0.3 is 0 Å². The van der Waals surface area contributed by atoms with E-state index in [-0.39, 0.29) is 0 Å². The van der Waals surface area contributed by atoms with Crippen molar-refractivity contribution in [3.8, 4) is 10.6 Å². The molecule has 0 saturated heterocycles. The Labute approximate surface area is 92.0 Å². The molecule has 14 heavy (non-hydrogen) atoms. The van der Waals surface area contributed by atoms with Crippen molar-refractivity contribution in [3.63, 3.8) is 0 Å². The summed E-state index contributed by atoms with van der Waals surface area (Å²) >= 11 is 6.77. The summed E-state index contributed by atoms with van der Waals surface area (Å²) in [5.41, 5.74) is 2.51. The maximum Gasteiger partial charge on any atom is 0.174 e. The second-order valence-electron chi connectivity index (χ2n) is 3.18. The van der Waals surface area contributed by atoms with Gasteiger partial charge in [0.25, 0.3) is 0 Å². The summed E-state index contributed by atoms with van der Waals surface area (Å²) in [6.45, 7) is 2.20. The van der Waals surface area contributed by atoms with E-state index in [1.165, 1.54) is 16.9 Å². The molecule has 0 saturated carbocycles. The highest BCUT2D eigenvalue weighted by atomic mass is 32.1. The summed E-state index contributed by atoms with van der Waals surface area (Å²) in [4.78, 5) is 7.44. The number of hydrogen-bond acceptors (Lipinski definition) is 2. The van der Waals surface area contributed by atoms with Gasteiger partial charge < -0.3 is 9.97 Å². The largest absolute Gasteiger partial charge is 0.337 e. The van der Waals surface area contributed by atoms with Gasteiger partial charge in [-0.15, -0.1) is 11.3 Å². The van der Waals surface area contributed by atoms with Crippen molar-refractivity contribution >= 4 is 23.6 Å². The van der Waals surface area contributed by atoms with Crippen molar-refractivity contribution in [3.05, 3.63) is 28.0 Å². The van der Waals surface area contributed by atoms with Crippen molar-refractivity contribution in [2.45, 2.75) is 19.8 Å². The lowest BCUT2D eigenvalue weighted by atomic mass is 10.1. The highest BCUT2D eigenvalue weighted by molar-refractivity contribution is 7.71. The minimum absolute atomic E-state index is 0.691. The van der Waals surface area contributed by atoms with Crippen LogP contribution in [0.15, 0.2) is 17.6 Å². The SMILES string of the molecule is CCCc1ccsc1-c1c[nH]c(=S)[nH]1. The van der Waals surface area contributed by atoms with Gasteiger partial charge in [0.05, 0.1) is 10.6 Å². The standard InChI is InChI=1S/C10H12N2S2/c1-2-3-7-4-5-14-9(7)8-6-11-10(13)12-8/h4-6H,2-3H2,1H3,(H2,11,12,13). The van der Waals surface area contributed by atoms with E-state index in [2.05, 4.69) is 28.3 Å². The molecule has 2 aromatic rings. The number of thiophene rings is 1. The smallest absolute Gasteiger partial charge is 0.174 e. The molecule has 2 aromatic heterocycles. The summed E-state index contributed by atoms with van der Waals surface area (Å²) in [5.74, 6) is 0. The number of nitrogens with one attached hydrogen (secondary N) is 2. The molecule has 2 N–H and O–H groups in total. The van der Waals surface area contributed by atoms with Gasteiger partial charge in [0, 0.05) is 6.20 Å². The molecule has 4 heteroatoms. The lowest BCUT2D eigenvalue weighted by molar-refractivity contribution is 0.927. The van der Waals surface area contributed by atoms with Gasteiger partial charge in [-0.1, -0.05) is 13.3 Å². The van der Waals surface area contributed by atoms with Gasteiger partial charge in [0.15, 0.2) is 4.77 Å². The first-order valence-electron chi connectivity index (χ1n) is 4.65. The van der Waals surface area contributed by atoms with Crippen LogP contribution >= 0.6 is 23.6 Å².